The maximum Gasteiger partial charge on any atom is 0.242 e. The molecule has 1 aromatic rings. The van der Waals surface area contributed by atoms with Gasteiger partial charge in [-0.1, -0.05) is 25.4 Å². The van der Waals surface area contributed by atoms with Crippen molar-refractivity contribution in [2.24, 2.45) is 5.92 Å². The lowest BCUT2D eigenvalue weighted by Crippen LogP contribution is -2.37. The number of carbonyl (C=O) groups excluding carboxylic acids is 2. The quantitative estimate of drug-likeness (QED) is 0.766. The molecule has 1 aliphatic rings. The predicted molar refractivity (Wildman–Crippen MR) is 94.7 cm³/mol. The molecule has 1 amide bonds. The van der Waals surface area contributed by atoms with Gasteiger partial charge in [0.2, 0.25) is 5.91 Å². The van der Waals surface area contributed by atoms with Gasteiger partial charge in [-0.25, -0.2) is 0 Å². The smallest absolute Gasteiger partial charge is 0.242 e. The average Bonchev–Trinajstić information content (AvgIpc) is 3.01. The molecule has 23 heavy (non-hydrogen) atoms. The zero-order valence-corrected chi connectivity index (χ0v) is 15.0. The second-order valence-corrected chi connectivity index (χ2v) is 7.26. The molecule has 0 radical (unpaired) electrons. The third-order valence-corrected chi connectivity index (χ3v) is 4.65. The van der Waals surface area contributed by atoms with Gasteiger partial charge in [0.1, 0.15) is 5.75 Å². The number of amides is 1. The normalized spacial score (nSPS) is 17.3. The van der Waals surface area contributed by atoms with Crippen LogP contribution in [0.15, 0.2) is 12.1 Å². The van der Waals surface area contributed by atoms with Crippen LogP contribution in [0.5, 0.6) is 5.75 Å². The van der Waals surface area contributed by atoms with Gasteiger partial charge >= 0.3 is 0 Å². The van der Waals surface area contributed by atoms with Crippen molar-refractivity contribution in [3.05, 3.63) is 22.7 Å². The van der Waals surface area contributed by atoms with E-state index >= 15 is 0 Å². The molecule has 0 aliphatic carbocycles. The number of thioether (sulfide) groups is 1. The van der Waals surface area contributed by atoms with Gasteiger partial charge in [-0.2, -0.15) is 0 Å². The highest BCUT2D eigenvalue weighted by molar-refractivity contribution is 7.99. The third kappa shape index (κ3) is 4.86. The number of ether oxygens (including phenoxy) is 1. The van der Waals surface area contributed by atoms with E-state index in [4.69, 9.17) is 16.3 Å². The van der Waals surface area contributed by atoms with Crippen LogP contribution in [-0.4, -0.2) is 36.0 Å². The minimum absolute atomic E-state index is 0.160. The van der Waals surface area contributed by atoms with E-state index in [2.05, 4.69) is 10.6 Å². The molecular formula is C16H21ClN2O3S. The van der Waals surface area contributed by atoms with Crippen molar-refractivity contribution in [1.29, 1.82) is 0 Å². The molecule has 0 bridgehead atoms. The van der Waals surface area contributed by atoms with E-state index in [1.54, 1.807) is 23.9 Å². The second kappa shape index (κ2) is 8.04. The molecule has 0 aromatic heterocycles. The number of Topliss-reactive ketones (excluding diaryl/α,β-unsaturated/α-hetero) is 1. The second-order valence-electron chi connectivity index (χ2n) is 5.85. The monoisotopic (exact) mass is 356 g/mol. The maximum absolute atomic E-state index is 12.3. The first-order valence-electron chi connectivity index (χ1n) is 7.47. The van der Waals surface area contributed by atoms with Crippen LogP contribution in [-0.2, 0) is 4.79 Å². The molecule has 0 saturated carbocycles. The van der Waals surface area contributed by atoms with Crippen LogP contribution in [0.25, 0.3) is 0 Å². The van der Waals surface area contributed by atoms with Crippen LogP contribution in [0.3, 0.4) is 0 Å². The molecule has 1 aliphatic heterocycles. The fraction of sp³-hybridized carbons (Fsp3) is 0.500. The summed E-state index contributed by atoms with van der Waals surface area (Å²) in [5, 5.41) is 6.14. The maximum atomic E-state index is 12.3. The Morgan fingerprint density at radius 1 is 1.48 bits per heavy atom. The molecule has 1 unspecified atom stereocenters. The Hall–Kier alpha value is -1.24. The number of benzene rings is 1. The summed E-state index contributed by atoms with van der Waals surface area (Å²) in [6.45, 7) is 6.03. The van der Waals surface area contributed by atoms with Crippen LogP contribution in [0, 0.1) is 5.92 Å². The van der Waals surface area contributed by atoms with E-state index < -0.39 is 0 Å². The lowest BCUT2D eigenvalue weighted by Gasteiger charge is -2.16. The van der Waals surface area contributed by atoms with Gasteiger partial charge in [-0.05, 0) is 18.9 Å². The summed E-state index contributed by atoms with van der Waals surface area (Å²) in [6, 6.07) is 3.03. The summed E-state index contributed by atoms with van der Waals surface area (Å²) in [5.74, 6) is 2.01. The molecule has 2 rings (SSSR count). The Morgan fingerprint density at radius 2 is 2.22 bits per heavy atom. The zero-order valence-electron chi connectivity index (χ0n) is 13.4. The molecule has 126 valence electrons. The van der Waals surface area contributed by atoms with E-state index in [1.165, 1.54) is 6.92 Å². The first-order chi connectivity index (χ1) is 10.9. The van der Waals surface area contributed by atoms with Crippen molar-refractivity contribution in [2.45, 2.75) is 26.8 Å². The summed E-state index contributed by atoms with van der Waals surface area (Å²) in [6.07, 6.45) is 0. The molecule has 0 spiro atoms. The SMILES string of the molecule is CC(=O)c1cc(OCC(C)C)cc(NC(=O)C2CSCN2)c1Cl. The summed E-state index contributed by atoms with van der Waals surface area (Å²) in [7, 11) is 0. The van der Waals surface area contributed by atoms with E-state index in [0.29, 0.717) is 35.3 Å². The molecule has 1 atom stereocenters. The Morgan fingerprint density at radius 3 is 2.78 bits per heavy atom. The number of hydrogen-bond donors (Lipinski definition) is 2. The Labute approximate surface area is 145 Å². The third-order valence-electron chi connectivity index (χ3n) is 3.30. The van der Waals surface area contributed by atoms with Crippen molar-refractivity contribution >= 4 is 40.7 Å². The standard InChI is InChI=1S/C16H21ClN2O3S/c1-9(2)6-22-11-4-12(10(3)20)15(17)13(5-11)19-16(21)14-7-23-8-18-14/h4-5,9,14,18H,6-8H2,1-3H3,(H,19,21). The highest BCUT2D eigenvalue weighted by atomic mass is 35.5. The summed E-state index contributed by atoms with van der Waals surface area (Å²) >= 11 is 7.94. The van der Waals surface area contributed by atoms with E-state index in [0.717, 1.165) is 5.88 Å². The minimum Gasteiger partial charge on any atom is -0.493 e. The van der Waals surface area contributed by atoms with Gasteiger partial charge in [-0.15, -0.1) is 11.8 Å². The number of anilines is 1. The number of hydrogen-bond acceptors (Lipinski definition) is 5. The van der Waals surface area contributed by atoms with Crippen LogP contribution in [0.2, 0.25) is 5.02 Å². The number of ketones is 1. The first-order valence-corrected chi connectivity index (χ1v) is 9.01. The zero-order chi connectivity index (χ0) is 17.0. The van der Waals surface area contributed by atoms with Crippen molar-refractivity contribution in [3.63, 3.8) is 0 Å². The van der Waals surface area contributed by atoms with Crippen LogP contribution in [0.1, 0.15) is 31.1 Å². The molecule has 1 fully saturated rings. The summed E-state index contributed by atoms with van der Waals surface area (Å²) in [4.78, 5) is 24.0. The molecule has 1 saturated heterocycles. The number of carbonyl (C=O) groups is 2. The number of rotatable bonds is 6. The van der Waals surface area contributed by atoms with Crippen LogP contribution in [0.4, 0.5) is 5.69 Å². The average molecular weight is 357 g/mol. The molecular weight excluding hydrogens is 336 g/mol. The fourth-order valence-electron chi connectivity index (χ4n) is 2.07. The van der Waals surface area contributed by atoms with E-state index in [1.807, 2.05) is 13.8 Å². The predicted octanol–water partition coefficient (Wildman–Crippen LogP) is 3.18. The summed E-state index contributed by atoms with van der Waals surface area (Å²) < 4.78 is 5.68. The number of halogens is 1. The van der Waals surface area contributed by atoms with Crippen molar-refractivity contribution < 1.29 is 14.3 Å². The highest BCUT2D eigenvalue weighted by Gasteiger charge is 2.24. The van der Waals surface area contributed by atoms with Gasteiger partial charge < -0.3 is 10.1 Å². The molecule has 5 nitrogen and oxygen atoms in total. The van der Waals surface area contributed by atoms with E-state index in [9.17, 15) is 9.59 Å². The van der Waals surface area contributed by atoms with E-state index in [-0.39, 0.29) is 22.8 Å². The molecule has 1 aromatic carbocycles. The summed E-state index contributed by atoms with van der Waals surface area (Å²) in [5.41, 5.74) is 0.749. The number of nitrogens with one attached hydrogen (secondary N) is 2. The molecule has 1 heterocycles. The lowest BCUT2D eigenvalue weighted by molar-refractivity contribution is -0.117. The van der Waals surface area contributed by atoms with Gasteiger partial charge in [0.25, 0.3) is 0 Å². The first kappa shape index (κ1) is 18.1. The van der Waals surface area contributed by atoms with Crippen molar-refractivity contribution in [2.75, 3.05) is 23.6 Å². The Kier molecular flexibility index (Phi) is 6.33. The largest absolute Gasteiger partial charge is 0.493 e. The minimum atomic E-state index is -0.253. The Balaban J connectivity index is 2.24. The van der Waals surface area contributed by atoms with Crippen LogP contribution < -0.4 is 15.4 Å². The fourth-order valence-corrected chi connectivity index (χ4v) is 3.31. The topological polar surface area (TPSA) is 67.4 Å². The van der Waals surface area contributed by atoms with Gasteiger partial charge in [0, 0.05) is 23.3 Å². The lowest BCUT2D eigenvalue weighted by atomic mass is 10.1. The van der Waals surface area contributed by atoms with Gasteiger partial charge in [0.15, 0.2) is 5.78 Å². The molecule has 2 N–H and O–H groups in total. The Bertz CT molecular complexity index is 601. The van der Waals surface area contributed by atoms with Gasteiger partial charge in [-0.3, -0.25) is 14.9 Å². The highest BCUT2D eigenvalue weighted by Crippen LogP contribution is 2.32. The van der Waals surface area contributed by atoms with Crippen molar-refractivity contribution in [3.8, 4) is 5.75 Å². The van der Waals surface area contributed by atoms with Gasteiger partial charge in [0.05, 0.1) is 23.4 Å². The van der Waals surface area contributed by atoms with Crippen LogP contribution >= 0.6 is 23.4 Å². The van der Waals surface area contributed by atoms with Crippen molar-refractivity contribution in [1.82, 2.24) is 5.32 Å². The molecule has 7 heteroatoms.